The molecule has 2 aromatic carbocycles. The molecule has 0 atom stereocenters. The van der Waals surface area contributed by atoms with Crippen LogP contribution in [0.3, 0.4) is 0 Å². The second-order valence-corrected chi connectivity index (χ2v) is 7.20. The molecule has 27 heavy (non-hydrogen) atoms. The summed E-state index contributed by atoms with van der Waals surface area (Å²) < 4.78 is 5.64. The van der Waals surface area contributed by atoms with Gasteiger partial charge in [-0.2, -0.15) is 5.26 Å². The van der Waals surface area contributed by atoms with Crippen LogP contribution in [0.2, 0.25) is 0 Å². The number of anilines is 1. The predicted octanol–water partition coefficient (Wildman–Crippen LogP) is 4.24. The summed E-state index contributed by atoms with van der Waals surface area (Å²) in [5, 5.41) is 10.8. The zero-order valence-electron chi connectivity index (χ0n) is 15.2. The molecule has 3 aromatic rings. The zero-order chi connectivity index (χ0) is 19.2. The second kappa shape index (κ2) is 8.47. The number of benzene rings is 2. The van der Waals surface area contributed by atoms with Crippen LogP contribution in [0.1, 0.15) is 21.8 Å². The van der Waals surface area contributed by atoms with Crippen molar-refractivity contribution < 1.29 is 9.53 Å². The van der Waals surface area contributed by atoms with E-state index >= 15 is 0 Å². The molecule has 0 aliphatic heterocycles. The molecule has 5 nitrogen and oxygen atoms in total. The molecule has 1 heterocycles. The summed E-state index contributed by atoms with van der Waals surface area (Å²) in [6, 6.07) is 18.7. The number of para-hydroxylation sites is 1. The minimum atomic E-state index is -0.159. The van der Waals surface area contributed by atoms with E-state index in [0.29, 0.717) is 17.9 Å². The van der Waals surface area contributed by atoms with Gasteiger partial charge >= 0.3 is 0 Å². The van der Waals surface area contributed by atoms with E-state index in [9.17, 15) is 4.79 Å². The van der Waals surface area contributed by atoms with Gasteiger partial charge in [-0.25, -0.2) is 4.98 Å². The Hall–Kier alpha value is -3.17. The Kier molecular flexibility index (Phi) is 5.84. The molecule has 0 N–H and O–H groups in total. The number of hydrogen-bond donors (Lipinski definition) is 0. The third-order valence-corrected chi connectivity index (χ3v) is 5.02. The minimum Gasteiger partial charge on any atom is -0.484 e. The van der Waals surface area contributed by atoms with Gasteiger partial charge in [0.05, 0.1) is 28.9 Å². The molecule has 0 aliphatic carbocycles. The summed E-state index contributed by atoms with van der Waals surface area (Å²) in [5.74, 6) is 0.488. The second-order valence-electron chi connectivity index (χ2n) is 6.02. The SMILES string of the molecule is Cc1nc(C)c(N(Cc2cccc(C#N)c2)C(=O)COc2ccccc2)s1. The van der Waals surface area contributed by atoms with Crippen molar-refractivity contribution in [3.8, 4) is 11.8 Å². The van der Waals surface area contributed by atoms with Crippen molar-refractivity contribution in [3.05, 3.63) is 76.4 Å². The number of rotatable bonds is 6. The number of ether oxygens (including phenoxy) is 1. The Labute approximate surface area is 162 Å². The first-order valence-electron chi connectivity index (χ1n) is 8.48. The van der Waals surface area contributed by atoms with Crippen LogP contribution in [-0.4, -0.2) is 17.5 Å². The number of carbonyl (C=O) groups excluding carboxylic acids is 1. The molecule has 3 rings (SSSR count). The highest BCUT2D eigenvalue weighted by Gasteiger charge is 2.22. The van der Waals surface area contributed by atoms with Gasteiger partial charge in [0.2, 0.25) is 0 Å². The summed E-state index contributed by atoms with van der Waals surface area (Å²) in [6.45, 7) is 4.09. The van der Waals surface area contributed by atoms with Gasteiger partial charge in [0.15, 0.2) is 6.61 Å². The fourth-order valence-corrected chi connectivity index (χ4v) is 3.64. The van der Waals surface area contributed by atoms with E-state index < -0.39 is 0 Å². The van der Waals surface area contributed by atoms with Gasteiger partial charge in [-0.05, 0) is 43.7 Å². The largest absolute Gasteiger partial charge is 0.484 e. The van der Waals surface area contributed by atoms with Crippen LogP contribution in [-0.2, 0) is 11.3 Å². The lowest BCUT2D eigenvalue weighted by atomic mass is 10.1. The molecule has 0 aliphatic rings. The van der Waals surface area contributed by atoms with Gasteiger partial charge in [-0.15, -0.1) is 11.3 Å². The smallest absolute Gasteiger partial charge is 0.265 e. The molecular formula is C21H19N3O2S. The lowest BCUT2D eigenvalue weighted by molar-refractivity contribution is -0.120. The van der Waals surface area contributed by atoms with Crippen molar-refractivity contribution in [2.24, 2.45) is 0 Å². The van der Waals surface area contributed by atoms with E-state index in [1.54, 1.807) is 17.0 Å². The highest BCUT2D eigenvalue weighted by molar-refractivity contribution is 7.16. The Morgan fingerprint density at radius 2 is 1.96 bits per heavy atom. The number of aromatic nitrogens is 1. The van der Waals surface area contributed by atoms with Crippen LogP contribution in [0.4, 0.5) is 5.00 Å². The lowest BCUT2D eigenvalue weighted by Crippen LogP contribution is -2.34. The fourth-order valence-electron chi connectivity index (χ4n) is 2.71. The quantitative estimate of drug-likeness (QED) is 0.644. The van der Waals surface area contributed by atoms with Crippen molar-refractivity contribution in [1.29, 1.82) is 5.26 Å². The molecule has 0 radical (unpaired) electrons. The third-order valence-electron chi connectivity index (χ3n) is 3.93. The molecule has 0 bridgehead atoms. The number of hydrogen-bond acceptors (Lipinski definition) is 5. The molecule has 1 aromatic heterocycles. The Morgan fingerprint density at radius 3 is 2.63 bits per heavy atom. The van der Waals surface area contributed by atoms with Crippen LogP contribution in [0.25, 0.3) is 0 Å². The van der Waals surface area contributed by atoms with Gasteiger partial charge in [-0.1, -0.05) is 30.3 Å². The van der Waals surface area contributed by atoms with E-state index in [1.807, 2.05) is 56.3 Å². The standard InChI is InChI=1S/C21H19N3O2S/c1-15-21(27-16(2)23-15)24(13-18-8-6-7-17(11-18)12-22)20(25)14-26-19-9-4-3-5-10-19/h3-11H,13-14H2,1-2H3. The Bertz CT molecular complexity index is 977. The molecule has 136 valence electrons. The maximum atomic E-state index is 13.0. The maximum Gasteiger partial charge on any atom is 0.265 e. The average Bonchev–Trinajstić information content (AvgIpc) is 3.03. The Morgan fingerprint density at radius 1 is 1.19 bits per heavy atom. The first-order chi connectivity index (χ1) is 13.1. The predicted molar refractivity (Wildman–Crippen MR) is 106 cm³/mol. The van der Waals surface area contributed by atoms with Crippen LogP contribution in [0.5, 0.6) is 5.75 Å². The van der Waals surface area contributed by atoms with Crippen molar-refractivity contribution in [1.82, 2.24) is 4.98 Å². The van der Waals surface area contributed by atoms with E-state index in [2.05, 4.69) is 11.1 Å². The summed E-state index contributed by atoms with van der Waals surface area (Å²) in [4.78, 5) is 19.1. The molecule has 0 saturated carbocycles. The molecular weight excluding hydrogens is 358 g/mol. The highest BCUT2D eigenvalue weighted by atomic mass is 32.1. The summed E-state index contributed by atoms with van der Waals surface area (Å²) in [5.41, 5.74) is 2.26. The van der Waals surface area contributed by atoms with Gasteiger partial charge in [0.1, 0.15) is 10.8 Å². The average molecular weight is 377 g/mol. The van der Waals surface area contributed by atoms with Crippen LogP contribution < -0.4 is 9.64 Å². The van der Waals surface area contributed by atoms with Crippen LogP contribution in [0.15, 0.2) is 54.6 Å². The summed E-state index contributed by atoms with van der Waals surface area (Å²) in [6.07, 6.45) is 0. The Balaban J connectivity index is 1.84. The fraction of sp³-hybridized carbons (Fsp3) is 0.190. The topological polar surface area (TPSA) is 66.2 Å². The molecule has 0 fully saturated rings. The van der Waals surface area contributed by atoms with E-state index in [1.165, 1.54) is 11.3 Å². The number of nitriles is 1. The number of aryl methyl sites for hydroxylation is 2. The molecule has 0 spiro atoms. The van der Waals surface area contributed by atoms with Crippen molar-refractivity contribution in [2.45, 2.75) is 20.4 Å². The number of amides is 1. The van der Waals surface area contributed by atoms with Gasteiger partial charge in [0, 0.05) is 0 Å². The van der Waals surface area contributed by atoms with Gasteiger partial charge in [-0.3, -0.25) is 9.69 Å². The number of carbonyl (C=O) groups is 1. The molecule has 0 unspecified atom stereocenters. The van der Waals surface area contributed by atoms with E-state index in [-0.39, 0.29) is 12.5 Å². The van der Waals surface area contributed by atoms with Crippen molar-refractivity contribution >= 4 is 22.2 Å². The molecule has 6 heteroatoms. The van der Waals surface area contributed by atoms with E-state index in [0.717, 1.165) is 21.3 Å². The van der Waals surface area contributed by atoms with Crippen LogP contribution >= 0.6 is 11.3 Å². The van der Waals surface area contributed by atoms with Crippen LogP contribution in [0, 0.1) is 25.2 Å². The van der Waals surface area contributed by atoms with Gasteiger partial charge < -0.3 is 4.74 Å². The first-order valence-corrected chi connectivity index (χ1v) is 9.30. The molecule has 1 amide bonds. The normalized spacial score (nSPS) is 10.3. The highest BCUT2D eigenvalue weighted by Crippen LogP contribution is 2.29. The number of nitrogens with zero attached hydrogens (tertiary/aromatic N) is 3. The van der Waals surface area contributed by atoms with Gasteiger partial charge in [0.25, 0.3) is 5.91 Å². The maximum absolute atomic E-state index is 13.0. The lowest BCUT2D eigenvalue weighted by Gasteiger charge is -2.22. The van der Waals surface area contributed by atoms with Crippen molar-refractivity contribution in [2.75, 3.05) is 11.5 Å². The first kappa shape index (κ1) is 18.6. The summed E-state index contributed by atoms with van der Waals surface area (Å²) >= 11 is 1.48. The molecule has 0 saturated heterocycles. The zero-order valence-corrected chi connectivity index (χ0v) is 16.0. The van der Waals surface area contributed by atoms with E-state index in [4.69, 9.17) is 10.00 Å². The minimum absolute atomic E-state index is 0.0711. The number of thiazole rings is 1. The van der Waals surface area contributed by atoms with Crippen molar-refractivity contribution in [3.63, 3.8) is 0 Å². The summed E-state index contributed by atoms with van der Waals surface area (Å²) in [7, 11) is 0. The monoisotopic (exact) mass is 377 g/mol. The third kappa shape index (κ3) is 4.72.